The fraction of sp³-hybridized carbons (Fsp3) is 0.226. The van der Waals surface area contributed by atoms with E-state index in [1.165, 1.54) is 26.0 Å². The standard InChI is InChI=1S/C31H26N2O6/c1-17(34)18-8-11-21(12-9-18)33-30(36)25-26(31(33)37)28(29(35)20-10-13-23(38-2)24(16-20)39-3)32-15-14-19-6-4-5-7-22(19)27(25)32/h4-16,25-28H,1-3H3. The molecule has 3 aromatic carbocycles. The second-order valence-electron chi connectivity index (χ2n) is 9.88. The molecule has 0 spiro atoms. The molecule has 8 heteroatoms. The fourth-order valence-corrected chi connectivity index (χ4v) is 6.12. The van der Waals surface area contributed by atoms with Crippen LogP contribution in [0.2, 0.25) is 0 Å². The topological polar surface area (TPSA) is 93.2 Å². The molecule has 8 nitrogen and oxygen atoms in total. The van der Waals surface area contributed by atoms with Crippen molar-refractivity contribution in [2.45, 2.75) is 19.0 Å². The predicted octanol–water partition coefficient (Wildman–Crippen LogP) is 4.30. The molecule has 4 unspecified atom stereocenters. The lowest BCUT2D eigenvalue weighted by Gasteiger charge is -2.35. The average Bonchev–Trinajstić information content (AvgIpc) is 3.44. The van der Waals surface area contributed by atoms with Gasteiger partial charge in [-0.2, -0.15) is 0 Å². The quantitative estimate of drug-likeness (QED) is 0.352. The van der Waals surface area contributed by atoms with E-state index in [9.17, 15) is 19.2 Å². The van der Waals surface area contributed by atoms with Crippen molar-refractivity contribution in [3.63, 3.8) is 0 Å². The van der Waals surface area contributed by atoms with Gasteiger partial charge in [0.1, 0.15) is 6.04 Å². The molecule has 3 aliphatic rings. The molecule has 3 aliphatic heterocycles. The molecular weight excluding hydrogens is 496 g/mol. The molecule has 4 atom stereocenters. The molecule has 2 fully saturated rings. The average molecular weight is 523 g/mol. The van der Waals surface area contributed by atoms with Crippen molar-refractivity contribution in [2.24, 2.45) is 11.8 Å². The maximum atomic E-state index is 14.1. The second-order valence-corrected chi connectivity index (χ2v) is 9.88. The van der Waals surface area contributed by atoms with Crippen molar-refractivity contribution in [1.29, 1.82) is 0 Å². The Morgan fingerprint density at radius 1 is 0.795 bits per heavy atom. The van der Waals surface area contributed by atoms with Crippen LogP contribution in [0.15, 0.2) is 72.9 Å². The number of ether oxygens (including phenoxy) is 2. The number of carbonyl (C=O) groups is 4. The molecule has 3 heterocycles. The predicted molar refractivity (Wildman–Crippen MR) is 144 cm³/mol. The van der Waals surface area contributed by atoms with E-state index in [4.69, 9.17) is 9.47 Å². The summed E-state index contributed by atoms with van der Waals surface area (Å²) >= 11 is 0. The van der Waals surface area contributed by atoms with E-state index in [0.717, 1.165) is 11.1 Å². The van der Waals surface area contributed by atoms with E-state index < -0.39 is 29.8 Å². The van der Waals surface area contributed by atoms with Gasteiger partial charge in [-0.3, -0.25) is 19.2 Å². The zero-order valence-electron chi connectivity index (χ0n) is 21.7. The van der Waals surface area contributed by atoms with Gasteiger partial charge >= 0.3 is 0 Å². The highest BCUT2D eigenvalue weighted by atomic mass is 16.5. The Hall–Kier alpha value is -4.72. The largest absolute Gasteiger partial charge is 0.493 e. The van der Waals surface area contributed by atoms with E-state index >= 15 is 0 Å². The number of imide groups is 1. The molecule has 0 aromatic heterocycles. The minimum absolute atomic E-state index is 0.112. The summed E-state index contributed by atoms with van der Waals surface area (Å²) in [4.78, 5) is 57.0. The Morgan fingerprint density at radius 2 is 1.46 bits per heavy atom. The lowest BCUT2D eigenvalue weighted by molar-refractivity contribution is -0.123. The Morgan fingerprint density at radius 3 is 2.15 bits per heavy atom. The van der Waals surface area contributed by atoms with Crippen molar-refractivity contribution in [3.05, 3.63) is 95.2 Å². The van der Waals surface area contributed by atoms with Gasteiger partial charge in [-0.1, -0.05) is 24.3 Å². The monoisotopic (exact) mass is 522 g/mol. The lowest BCUT2D eigenvalue weighted by Crippen LogP contribution is -2.44. The fourth-order valence-electron chi connectivity index (χ4n) is 6.12. The first-order valence-corrected chi connectivity index (χ1v) is 12.7. The number of ketones is 2. The van der Waals surface area contributed by atoms with E-state index in [-0.39, 0.29) is 17.5 Å². The van der Waals surface area contributed by atoms with Gasteiger partial charge < -0.3 is 14.4 Å². The van der Waals surface area contributed by atoms with Gasteiger partial charge in [0, 0.05) is 17.3 Å². The van der Waals surface area contributed by atoms with Crippen LogP contribution in [0.3, 0.4) is 0 Å². The normalized spacial score (nSPS) is 22.8. The number of benzene rings is 3. The van der Waals surface area contributed by atoms with Crippen molar-refractivity contribution in [3.8, 4) is 11.5 Å². The SMILES string of the molecule is COc1ccc(C(=O)C2C3C(=O)N(c4ccc(C(C)=O)cc4)C(=O)C3C3c4ccccc4C=CN23)cc1OC. The Kier molecular flexibility index (Phi) is 5.83. The highest BCUT2D eigenvalue weighted by Gasteiger charge is 2.64. The number of nitrogens with zero attached hydrogens (tertiary/aromatic N) is 2. The maximum absolute atomic E-state index is 14.1. The molecule has 0 aliphatic carbocycles. The van der Waals surface area contributed by atoms with Gasteiger partial charge in [-0.25, -0.2) is 4.90 Å². The van der Waals surface area contributed by atoms with E-state index in [0.29, 0.717) is 28.3 Å². The van der Waals surface area contributed by atoms with Crippen molar-refractivity contribution < 1.29 is 28.7 Å². The maximum Gasteiger partial charge on any atom is 0.240 e. The van der Waals surface area contributed by atoms with Gasteiger partial charge in [-0.05, 0) is 66.6 Å². The van der Waals surface area contributed by atoms with Crippen molar-refractivity contribution >= 4 is 35.1 Å². The summed E-state index contributed by atoms with van der Waals surface area (Å²) < 4.78 is 10.7. The summed E-state index contributed by atoms with van der Waals surface area (Å²) in [5.74, 6) is -1.96. The number of hydrogen-bond donors (Lipinski definition) is 0. The minimum Gasteiger partial charge on any atom is -0.493 e. The highest BCUT2D eigenvalue weighted by Crippen LogP contribution is 2.53. The number of anilines is 1. The van der Waals surface area contributed by atoms with Crippen LogP contribution in [0.1, 0.15) is 44.8 Å². The number of rotatable bonds is 6. The number of carbonyl (C=O) groups excluding carboxylic acids is 4. The number of hydrogen-bond acceptors (Lipinski definition) is 7. The molecular formula is C31H26N2O6. The molecule has 2 amide bonds. The van der Waals surface area contributed by atoms with Crippen molar-refractivity contribution in [1.82, 2.24) is 4.90 Å². The molecule has 196 valence electrons. The first-order valence-electron chi connectivity index (χ1n) is 12.7. The third-order valence-corrected chi connectivity index (χ3v) is 7.93. The first kappa shape index (κ1) is 24.6. The molecule has 0 saturated carbocycles. The van der Waals surface area contributed by atoms with Crippen LogP contribution in [-0.4, -0.2) is 48.5 Å². The Balaban J connectivity index is 1.46. The zero-order valence-corrected chi connectivity index (χ0v) is 21.7. The van der Waals surface area contributed by atoms with Crippen LogP contribution in [0, 0.1) is 11.8 Å². The number of methoxy groups -OCH3 is 2. The van der Waals surface area contributed by atoms with E-state index in [1.54, 1.807) is 42.5 Å². The van der Waals surface area contributed by atoms with Gasteiger partial charge in [0.15, 0.2) is 23.1 Å². The van der Waals surface area contributed by atoms with Crippen LogP contribution in [0.25, 0.3) is 6.08 Å². The van der Waals surface area contributed by atoms with E-state index in [2.05, 4.69) is 0 Å². The summed E-state index contributed by atoms with van der Waals surface area (Å²) in [6.45, 7) is 1.46. The summed E-state index contributed by atoms with van der Waals surface area (Å²) in [5, 5.41) is 0. The third-order valence-electron chi connectivity index (χ3n) is 7.93. The summed E-state index contributed by atoms with van der Waals surface area (Å²) in [7, 11) is 3.01. The molecule has 3 aromatic rings. The van der Waals surface area contributed by atoms with Crippen LogP contribution in [0.5, 0.6) is 11.5 Å². The summed E-state index contributed by atoms with van der Waals surface area (Å²) in [6, 6.07) is 17.6. The molecule has 2 saturated heterocycles. The Labute approximate surface area is 225 Å². The zero-order chi connectivity index (χ0) is 27.4. The summed E-state index contributed by atoms with van der Waals surface area (Å²) in [5.41, 5.74) is 3.06. The number of Topliss-reactive ketones (excluding diaryl/α,β-unsaturated/α-hetero) is 2. The van der Waals surface area contributed by atoms with Gasteiger partial charge in [0.05, 0.1) is 37.8 Å². The van der Waals surface area contributed by atoms with Crippen LogP contribution in [0.4, 0.5) is 5.69 Å². The number of amides is 2. The Bertz CT molecular complexity index is 1560. The molecule has 0 radical (unpaired) electrons. The van der Waals surface area contributed by atoms with Crippen LogP contribution in [-0.2, 0) is 9.59 Å². The van der Waals surface area contributed by atoms with Crippen LogP contribution < -0.4 is 14.4 Å². The van der Waals surface area contributed by atoms with Gasteiger partial charge in [0.25, 0.3) is 0 Å². The molecule has 39 heavy (non-hydrogen) atoms. The second kappa shape index (κ2) is 9.23. The van der Waals surface area contributed by atoms with E-state index in [1.807, 2.05) is 41.4 Å². The highest BCUT2D eigenvalue weighted by molar-refractivity contribution is 6.24. The van der Waals surface area contributed by atoms with Gasteiger partial charge in [-0.15, -0.1) is 0 Å². The van der Waals surface area contributed by atoms with Crippen molar-refractivity contribution in [2.75, 3.05) is 19.1 Å². The number of fused-ring (bicyclic) bond motifs is 5. The third kappa shape index (κ3) is 3.66. The minimum atomic E-state index is -0.902. The first-order chi connectivity index (χ1) is 18.8. The van der Waals surface area contributed by atoms with Crippen LogP contribution >= 0.6 is 0 Å². The molecule has 0 N–H and O–H groups in total. The van der Waals surface area contributed by atoms with Gasteiger partial charge in [0.2, 0.25) is 11.8 Å². The summed E-state index contributed by atoms with van der Waals surface area (Å²) in [6.07, 6.45) is 3.73. The molecule has 6 rings (SSSR count). The molecule has 0 bridgehead atoms. The lowest BCUT2D eigenvalue weighted by atomic mass is 9.83. The smallest absolute Gasteiger partial charge is 0.240 e.